The highest BCUT2D eigenvalue weighted by molar-refractivity contribution is 6.05. The largest absolute Gasteiger partial charge is 0.389 e. The van der Waals surface area contributed by atoms with Crippen molar-refractivity contribution in [2.45, 2.75) is 46.1 Å². The van der Waals surface area contributed by atoms with Gasteiger partial charge in [0.05, 0.1) is 22.8 Å². The molecule has 5 heteroatoms. The van der Waals surface area contributed by atoms with Gasteiger partial charge in [-0.25, -0.2) is 0 Å². The van der Waals surface area contributed by atoms with Crippen LogP contribution in [0, 0.1) is 19.3 Å². The van der Waals surface area contributed by atoms with E-state index in [1.54, 1.807) is 13.8 Å². The van der Waals surface area contributed by atoms with Gasteiger partial charge in [-0.2, -0.15) is 0 Å². The molecule has 2 N–H and O–H groups in total. The standard InChI is InChI=1S/C20H26N2O3/c1-13-6-7-15(10-14(13)2)17-16(11-22-25-17)18(23)20(19(3,4)24)8-5-9-21-12-20/h6-7,10-11,21,24H,5,8-9,12H2,1-4H3/t20-/m1/s1. The zero-order valence-corrected chi connectivity index (χ0v) is 15.3. The van der Waals surface area contributed by atoms with E-state index >= 15 is 0 Å². The summed E-state index contributed by atoms with van der Waals surface area (Å²) >= 11 is 0. The van der Waals surface area contributed by atoms with Crippen molar-refractivity contribution in [2.24, 2.45) is 5.41 Å². The molecule has 1 aromatic carbocycles. The third-order valence-corrected chi connectivity index (χ3v) is 5.57. The lowest BCUT2D eigenvalue weighted by Crippen LogP contribution is -2.57. The van der Waals surface area contributed by atoms with Gasteiger partial charge in [-0.1, -0.05) is 17.3 Å². The third kappa shape index (κ3) is 3.02. The number of aryl methyl sites for hydroxylation is 2. The molecular weight excluding hydrogens is 316 g/mol. The summed E-state index contributed by atoms with van der Waals surface area (Å²) in [5.41, 5.74) is 1.55. The molecule has 25 heavy (non-hydrogen) atoms. The van der Waals surface area contributed by atoms with E-state index in [2.05, 4.69) is 10.5 Å². The van der Waals surface area contributed by atoms with Gasteiger partial charge in [-0.3, -0.25) is 4.79 Å². The van der Waals surface area contributed by atoms with Crippen molar-refractivity contribution >= 4 is 5.78 Å². The van der Waals surface area contributed by atoms with Crippen LogP contribution in [0.25, 0.3) is 11.3 Å². The summed E-state index contributed by atoms with van der Waals surface area (Å²) in [6, 6.07) is 5.95. The average molecular weight is 342 g/mol. The summed E-state index contributed by atoms with van der Waals surface area (Å²) in [7, 11) is 0. The molecule has 5 nitrogen and oxygen atoms in total. The highest BCUT2D eigenvalue weighted by atomic mass is 16.5. The number of benzene rings is 1. The summed E-state index contributed by atoms with van der Waals surface area (Å²) < 4.78 is 5.44. The Labute approximate surface area is 148 Å². The minimum atomic E-state index is -1.14. The molecule has 0 radical (unpaired) electrons. The maximum Gasteiger partial charge on any atom is 0.178 e. The van der Waals surface area contributed by atoms with E-state index in [1.807, 2.05) is 32.0 Å². The van der Waals surface area contributed by atoms with Crippen molar-refractivity contribution in [1.82, 2.24) is 10.5 Å². The lowest BCUT2D eigenvalue weighted by atomic mass is 9.64. The molecule has 1 aliphatic rings. The van der Waals surface area contributed by atoms with Gasteiger partial charge in [0, 0.05) is 12.1 Å². The number of rotatable bonds is 4. The third-order valence-electron chi connectivity index (χ3n) is 5.57. The van der Waals surface area contributed by atoms with Gasteiger partial charge >= 0.3 is 0 Å². The molecule has 0 unspecified atom stereocenters. The fourth-order valence-electron chi connectivity index (χ4n) is 3.65. The summed E-state index contributed by atoms with van der Waals surface area (Å²) in [5, 5.41) is 17.9. The van der Waals surface area contributed by atoms with Crippen molar-refractivity contribution in [3.05, 3.63) is 41.1 Å². The predicted octanol–water partition coefficient (Wildman–Crippen LogP) is 3.28. The molecule has 2 heterocycles. The highest BCUT2D eigenvalue weighted by Gasteiger charge is 2.51. The summed E-state index contributed by atoms with van der Waals surface area (Å²) in [6.07, 6.45) is 2.97. The molecule has 1 aliphatic heterocycles. The predicted molar refractivity (Wildman–Crippen MR) is 96.6 cm³/mol. The number of piperidine rings is 1. The van der Waals surface area contributed by atoms with E-state index in [9.17, 15) is 9.90 Å². The molecule has 0 aliphatic carbocycles. The second kappa shape index (κ2) is 6.39. The fourth-order valence-corrected chi connectivity index (χ4v) is 3.65. The molecular formula is C20H26N2O3. The minimum Gasteiger partial charge on any atom is -0.389 e. The van der Waals surface area contributed by atoms with E-state index < -0.39 is 11.0 Å². The Kier molecular flexibility index (Phi) is 4.56. The quantitative estimate of drug-likeness (QED) is 0.834. The van der Waals surface area contributed by atoms with Gasteiger partial charge in [-0.15, -0.1) is 0 Å². The van der Waals surface area contributed by atoms with E-state index in [0.717, 1.165) is 24.1 Å². The van der Waals surface area contributed by atoms with Crippen molar-refractivity contribution in [3.8, 4) is 11.3 Å². The van der Waals surface area contributed by atoms with Crippen LogP contribution in [0.2, 0.25) is 0 Å². The second-order valence-corrected chi connectivity index (χ2v) is 7.62. The van der Waals surface area contributed by atoms with Gasteiger partial charge < -0.3 is 14.9 Å². The van der Waals surface area contributed by atoms with Gasteiger partial charge in [0.1, 0.15) is 0 Å². The van der Waals surface area contributed by atoms with Crippen molar-refractivity contribution in [2.75, 3.05) is 13.1 Å². The van der Waals surface area contributed by atoms with Gasteiger partial charge in [0.2, 0.25) is 0 Å². The Morgan fingerprint density at radius 2 is 2.08 bits per heavy atom. The molecule has 0 saturated carbocycles. The maximum atomic E-state index is 13.5. The van der Waals surface area contributed by atoms with E-state index in [-0.39, 0.29) is 5.78 Å². The van der Waals surface area contributed by atoms with Crippen LogP contribution in [0.4, 0.5) is 0 Å². The van der Waals surface area contributed by atoms with E-state index in [0.29, 0.717) is 24.3 Å². The van der Waals surface area contributed by atoms with Crippen molar-refractivity contribution in [1.29, 1.82) is 0 Å². The van der Waals surface area contributed by atoms with Crippen molar-refractivity contribution in [3.63, 3.8) is 0 Å². The number of nitrogens with zero attached hydrogens (tertiary/aromatic N) is 1. The number of ketones is 1. The van der Waals surface area contributed by atoms with Gasteiger partial charge in [0.25, 0.3) is 0 Å². The molecule has 2 aromatic rings. The van der Waals surface area contributed by atoms with Crippen LogP contribution in [0.1, 0.15) is 48.2 Å². The highest BCUT2D eigenvalue weighted by Crippen LogP contribution is 2.42. The number of hydrogen-bond acceptors (Lipinski definition) is 5. The van der Waals surface area contributed by atoms with E-state index in [1.165, 1.54) is 11.8 Å². The first-order valence-corrected chi connectivity index (χ1v) is 8.76. The van der Waals surface area contributed by atoms with Crippen LogP contribution in [0.5, 0.6) is 0 Å². The Morgan fingerprint density at radius 1 is 1.32 bits per heavy atom. The molecule has 0 bridgehead atoms. The second-order valence-electron chi connectivity index (χ2n) is 7.62. The van der Waals surface area contributed by atoms with E-state index in [4.69, 9.17) is 4.52 Å². The number of hydrogen-bond donors (Lipinski definition) is 2. The molecule has 1 fully saturated rings. The smallest absolute Gasteiger partial charge is 0.178 e. The van der Waals surface area contributed by atoms with Crippen LogP contribution in [-0.2, 0) is 0 Å². The molecule has 3 rings (SSSR count). The minimum absolute atomic E-state index is 0.110. The normalized spacial score (nSPS) is 21.3. The lowest BCUT2D eigenvalue weighted by Gasteiger charge is -2.44. The number of nitrogens with one attached hydrogen (secondary N) is 1. The number of Topliss-reactive ketones (excluding diaryl/α,β-unsaturated/α-hetero) is 1. The maximum absolute atomic E-state index is 13.5. The zero-order chi connectivity index (χ0) is 18.2. The summed E-state index contributed by atoms with van der Waals surface area (Å²) in [5.74, 6) is 0.365. The molecule has 1 saturated heterocycles. The van der Waals surface area contributed by atoms with Crippen LogP contribution < -0.4 is 5.32 Å². The molecule has 1 atom stereocenters. The van der Waals surface area contributed by atoms with Crippen molar-refractivity contribution < 1.29 is 14.4 Å². The molecule has 0 amide bonds. The first-order valence-electron chi connectivity index (χ1n) is 8.76. The topological polar surface area (TPSA) is 75.4 Å². The number of aliphatic hydroxyl groups is 1. The Morgan fingerprint density at radius 3 is 2.68 bits per heavy atom. The van der Waals surface area contributed by atoms with Gasteiger partial charge in [0.15, 0.2) is 11.5 Å². The first kappa shape index (κ1) is 17.8. The van der Waals surface area contributed by atoms with Gasteiger partial charge in [-0.05, 0) is 64.3 Å². The number of aromatic nitrogens is 1. The SMILES string of the molecule is Cc1ccc(-c2oncc2C(=O)[C@@]2(C(C)(C)O)CCCNC2)cc1C. The molecule has 134 valence electrons. The van der Waals surface area contributed by atoms with Crippen LogP contribution in [-0.4, -0.2) is 34.7 Å². The monoisotopic (exact) mass is 342 g/mol. The average Bonchev–Trinajstić information content (AvgIpc) is 3.06. The number of carbonyl (C=O) groups is 1. The Balaban J connectivity index is 2.06. The van der Waals surface area contributed by atoms with Crippen LogP contribution >= 0.6 is 0 Å². The van der Waals surface area contributed by atoms with Crippen LogP contribution in [0.3, 0.4) is 0 Å². The fraction of sp³-hybridized carbons (Fsp3) is 0.500. The Bertz CT molecular complexity index is 780. The molecule has 1 aromatic heterocycles. The zero-order valence-electron chi connectivity index (χ0n) is 15.3. The molecule has 0 spiro atoms. The lowest BCUT2D eigenvalue weighted by molar-refractivity contribution is -0.0482. The number of carbonyl (C=O) groups excluding carboxylic acids is 1. The first-order chi connectivity index (χ1) is 11.8. The summed E-state index contributed by atoms with van der Waals surface area (Å²) in [4.78, 5) is 13.5. The van der Waals surface area contributed by atoms with Crippen LogP contribution in [0.15, 0.2) is 28.9 Å². The Hall–Kier alpha value is -1.98. The summed E-state index contributed by atoms with van der Waals surface area (Å²) in [6.45, 7) is 8.80.